The fourth-order valence-corrected chi connectivity index (χ4v) is 3.98. The predicted octanol–water partition coefficient (Wildman–Crippen LogP) is 1.35. The molecule has 0 saturated carbocycles. The molecule has 1 fully saturated rings. The van der Waals surface area contributed by atoms with E-state index >= 15 is 0 Å². The van der Waals surface area contributed by atoms with Gasteiger partial charge >= 0.3 is 0 Å². The highest BCUT2D eigenvalue weighted by Gasteiger charge is 2.62. The molecule has 5 heteroatoms. The van der Waals surface area contributed by atoms with E-state index in [2.05, 4.69) is 0 Å². The van der Waals surface area contributed by atoms with Crippen molar-refractivity contribution in [1.29, 1.82) is 0 Å². The third-order valence-corrected chi connectivity index (χ3v) is 5.27. The molecule has 1 heterocycles. The van der Waals surface area contributed by atoms with Gasteiger partial charge in [-0.3, -0.25) is 0 Å². The van der Waals surface area contributed by atoms with Gasteiger partial charge in [-0.05, 0) is 32.9 Å². The Hall–Kier alpha value is -1.20. The maximum absolute atomic E-state index is 12.3. The summed E-state index contributed by atoms with van der Waals surface area (Å²) < 4.78 is 25.8. The van der Waals surface area contributed by atoms with E-state index in [9.17, 15) is 13.2 Å². The van der Waals surface area contributed by atoms with Crippen LogP contribution in [0.2, 0.25) is 0 Å². The Bertz CT molecular complexity index is 546. The zero-order chi connectivity index (χ0) is 12.8. The first-order valence-electron chi connectivity index (χ1n) is 5.38. The van der Waals surface area contributed by atoms with Crippen LogP contribution in [0.25, 0.3) is 0 Å². The van der Waals surface area contributed by atoms with Crippen LogP contribution in [0.1, 0.15) is 19.4 Å². The second kappa shape index (κ2) is 3.65. The lowest BCUT2D eigenvalue weighted by atomic mass is 10.2. The molecule has 2 atom stereocenters. The van der Waals surface area contributed by atoms with E-state index in [0.717, 1.165) is 5.56 Å². The smallest absolute Gasteiger partial charge is 0.244 e. The number of nitrogens with zero attached hydrogens (tertiary/aromatic N) is 1. The van der Waals surface area contributed by atoms with Gasteiger partial charge in [-0.1, -0.05) is 17.7 Å². The number of carbonyl (C=O) groups is 1. The number of hydrogen-bond acceptors (Lipinski definition) is 3. The maximum atomic E-state index is 12.3. The Morgan fingerprint density at radius 2 is 1.76 bits per heavy atom. The standard InChI is InChI=1S/C12H15NO3S/c1-9-4-6-10(7-5-9)17(15,16)13-11(8-14)12(13,2)3/h4-8,11H,1-3H3. The number of carbonyl (C=O) groups excluding carboxylic acids is 1. The minimum atomic E-state index is -3.55. The molecule has 92 valence electrons. The molecule has 1 saturated heterocycles. The van der Waals surface area contributed by atoms with Gasteiger partial charge in [0, 0.05) is 0 Å². The number of sulfonamides is 1. The summed E-state index contributed by atoms with van der Waals surface area (Å²) in [5.41, 5.74) is 0.395. The van der Waals surface area contributed by atoms with E-state index in [-0.39, 0.29) is 4.90 Å². The predicted molar refractivity (Wildman–Crippen MR) is 64.1 cm³/mol. The van der Waals surface area contributed by atoms with Gasteiger partial charge in [-0.2, -0.15) is 4.31 Å². The van der Waals surface area contributed by atoms with Crippen molar-refractivity contribution < 1.29 is 13.2 Å². The zero-order valence-electron chi connectivity index (χ0n) is 10.0. The van der Waals surface area contributed by atoms with E-state index in [1.807, 2.05) is 6.92 Å². The Kier molecular flexibility index (Phi) is 2.63. The summed E-state index contributed by atoms with van der Waals surface area (Å²) in [5.74, 6) is 0. The van der Waals surface area contributed by atoms with E-state index in [1.54, 1.807) is 38.1 Å². The lowest BCUT2D eigenvalue weighted by Crippen LogP contribution is -2.18. The molecule has 0 amide bonds. The van der Waals surface area contributed by atoms with Crippen molar-refractivity contribution in [2.24, 2.45) is 0 Å². The Labute approximate surface area is 101 Å². The van der Waals surface area contributed by atoms with Gasteiger partial charge in [0.1, 0.15) is 12.3 Å². The molecule has 1 aliphatic heterocycles. The van der Waals surface area contributed by atoms with Crippen molar-refractivity contribution in [2.45, 2.75) is 37.2 Å². The molecule has 0 radical (unpaired) electrons. The lowest BCUT2D eigenvalue weighted by Gasteiger charge is -2.08. The number of aryl methyl sites for hydroxylation is 1. The highest BCUT2D eigenvalue weighted by atomic mass is 32.2. The van der Waals surface area contributed by atoms with Crippen LogP contribution >= 0.6 is 0 Å². The monoisotopic (exact) mass is 253 g/mol. The maximum Gasteiger partial charge on any atom is 0.244 e. The fraction of sp³-hybridized carbons (Fsp3) is 0.417. The van der Waals surface area contributed by atoms with Crippen LogP contribution in [0.15, 0.2) is 29.2 Å². The molecule has 1 aromatic rings. The van der Waals surface area contributed by atoms with Crippen molar-refractivity contribution in [3.05, 3.63) is 29.8 Å². The molecule has 2 unspecified atom stereocenters. The van der Waals surface area contributed by atoms with Crippen LogP contribution in [0.4, 0.5) is 0 Å². The molecule has 4 nitrogen and oxygen atoms in total. The zero-order valence-corrected chi connectivity index (χ0v) is 10.9. The van der Waals surface area contributed by atoms with Crippen molar-refractivity contribution in [3.63, 3.8) is 0 Å². The highest BCUT2D eigenvalue weighted by Crippen LogP contribution is 2.44. The van der Waals surface area contributed by atoms with Gasteiger partial charge in [0.05, 0.1) is 10.4 Å². The summed E-state index contributed by atoms with van der Waals surface area (Å²) in [7, 11) is -3.55. The molecule has 1 aliphatic rings. The third kappa shape index (κ3) is 1.79. The van der Waals surface area contributed by atoms with Crippen LogP contribution in [-0.2, 0) is 14.8 Å². The lowest BCUT2D eigenvalue weighted by molar-refractivity contribution is -0.107. The minimum absolute atomic E-state index is 0.237. The summed E-state index contributed by atoms with van der Waals surface area (Å²) in [4.78, 5) is 11.1. The van der Waals surface area contributed by atoms with Gasteiger partial charge in [0.15, 0.2) is 0 Å². The van der Waals surface area contributed by atoms with Crippen LogP contribution in [0.5, 0.6) is 0 Å². The molecule has 0 N–H and O–H groups in total. The van der Waals surface area contributed by atoms with Crippen LogP contribution in [0, 0.1) is 6.92 Å². The van der Waals surface area contributed by atoms with Crippen molar-refractivity contribution >= 4 is 16.3 Å². The number of rotatable bonds is 3. The Morgan fingerprint density at radius 3 is 2.18 bits per heavy atom. The average molecular weight is 253 g/mol. The number of benzene rings is 1. The molecule has 2 rings (SSSR count). The third-order valence-electron chi connectivity index (χ3n) is 3.18. The molecule has 0 aromatic heterocycles. The summed E-state index contributed by atoms with van der Waals surface area (Å²) >= 11 is 0. The molecule has 0 aliphatic carbocycles. The summed E-state index contributed by atoms with van der Waals surface area (Å²) in [6.45, 7) is 5.39. The fourth-order valence-electron chi connectivity index (χ4n) is 1.99. The van der Waals surface area contributed by atoms with Crippen LogP contribution in [-0.4, -0.2) is 30.6 Å². The van der Waals surface area contributed by atoms with Crippen LogP contribution in [0.3, 0.4) is 0 Å². The van der Waals surface area contributed by atoms with Gasteiger partial charge in [0.25, 0.3) is 0 Å². The normalized spacial score (nSPS) is 26.5. The van der Waals surface area contributed by atoms with Gasteiger partial charge in [-0.15, -0.1) is 0 Å². The Balaban J connectivity index is 2.39. The van der Waals surface area contributed by atoms with Crippen molar-refractivity contribution in [2.75, 3.05) is 0 Å². The molecular weight excluding hydrogens is 238 g/mol. The first kappa shape index (κ1) is 12.3. The summed E-state index contributed by atoms with van der Waals surface area (Å²) in [6, 6.07) is 6.09. The SMILES string of the molecule is Cc1ccc(S(=O)(=O)N2C(C=O)C2(C)C)cc1. The van der Waals surface area contributed by atoms with E-state index in [4.69, 9.17) is 0 Å². The summed E-state index contributed by atoms with van der Waals surface area (Å²) in [6.07, 6.45) is 0.686. The second-order valence-electron chi connectivity index (χ2n) is 4.85. The number of hydrogen-bond donors (Lipinski definition) is 0. The minimum Gasteiger partial charge on any atom is -0.302 e. The van der Waals surface area contributed by atoms with Crippen LogP contribution < -0.4 is 0 Å². The van der Waals surface area contributed by atoms with E-state index < -0.39 is 21.6 Å². The average Bonchev–Trinajstić information content (AvgIpc) is 2.82. The quantitative estimate of drug-likeness (QED) is 0.603. The molecule has 17 heavy (non-hydrogen) atoms. The first-order valence-corrected chi connectivity index (χ1v) is 6.82. The molecule has 0 spiro atoms. The van der Waals surface area contributed by atoms with Crippen molar-refractivity contribution in [3.8, 4) is 0 Å². The second-order valence-corrected chi connectivity index (χ2v) is 6.66. The van der Waals surface area contributed by atoms with E-state index in [1.165, 1.54) is 4.31 Å². The highest BCUT2D eigenvalue weighted by molar-refractivity contribution is 7.89. The summed E-state index contributed by atoms with van der Waals surface area (Å²) in [5, 5.41) is 0. The number of aldehydes is 1. The molecular formula is C12H15NO3S. The molecule has 1 aromatic carbocycles. The van der Waals surface area contributed by atoms with Crippen molar-refractivity contribution in [1.82, 2.24) is 4.31 Å². The topological polar surface area (TPSA) is 54.2 Å². The largest absolute Gasteiger partial charge is 0.302 e. The Morgan fingerprint density at radius 1 is 1.24 bits per heavy atom. The molecule has 0 bridgehead atoms. The van der Waals surface area contributed by atoms with Gasteiger partial charge in [-0.25, -0.2) is 8.42 Å². The van der Waals surface area contributed by atoms with E-state index in [0.29, 0.717) is 6.29 Å². The first-order chi connectivity index (χ1) is 7.81. The van der Waals surface area contributed by atoms with Gasteiger partial charge < -0.3 is 4.79 Å². The van der Waals surface area contributed by atoms with Gasteiger partial charge in [0.2, 0.25) is 10.0 Å².